The zero-order chi connectivity index (χ0) is 16.1. The van der Waals surface area contributed by atoms with Crippen molar-refractivity contribution in [3.8, 4) is 5.75 Å². The van der Waals surface area contributed by atoms with Gasteiger partial charge in [-0.25, -0.2) is 5.43 Å². The van der Waals surface area contributed by atoms with E-state index in [-0.39, 0.29) is 5.02 Å². The number of carbonyl (C=O) groups is 1. The highest BCUT2D eigenvalue weighted by Crippen LogP contribution is 2.21. The summed E-state index contributed by atoms with van der Waals surface area (Å²) in [5.74, 6) is 0.400. The lowest BCUT2D eigenvalue weighted by molar-refractivity contribution is 0.0955. The van der Waals surface area contributed by atoms with Crippen molar-refractivity contribution in [2.45, 2.75) is 6.92 Å². The second-order valence-electron chi connectivity index (χ2n) is 4.55. The van der Waals surface area contributed by atoms with Gasteiger partial charge in [-0.1, -0.05) is 23.2 Å². The number of methoxy groups -OCH3 is 1. The van der Waals surface area contributed by atoms with Gasteiger partial charge in [0.2, 0.25) is 0 Å². The molecule has 0 aromatic heterocycles. The SMILES string of the molecule is COc1ccc(C=NNC(=O)c2ccc(Cl)cc2Cl)cc1C. The molecule has 0 saturated heterocycles. The van der Waals surface area contributed by atoms with Crippen molar-refractivity contribution in [1.82, 2.24) is 5.43 Å². The molecule has 1 amide bonds. The zero-order valence-corrected chi connectivity index (χ0v) is 13.6. The molecular formula is C16H14Cl2N2O2. The summed E-state index contributed by atoms with van der Waals surface area (Å²) >= 11 is 11.8. The van der Waals surface area contributed by atoms with E-state index in [1.54, 1.807) is 25.5 Å². The van der Waals surface area contributed by atoms with E-state index in [0.717, 1.165) is 16.9 Å². The molecule has 2 aromatic rings. The maximum Gasteiger partial charge on any atom is 0.272 e. The molecule has 0 atom stereocenters. The number of halogens is 2. The Hall–Kier alpha value is -2.04. The van der Waals surface area contributed by atoms with E-state index in [0.29, 0.717) is 10.6 Å². The highest BCUT2D eigenvalue weighted by atomic mass is 35.5. The van der Waals surface area contributed by atoms with E-state index in [4.69, 9.17) is 27.9 Å². The maximum atomic E-state index is 12.0. The molecule has 0 unspecified atom stereocenters. The number of benzene rings is 2. The number of nitrogens with zero attached hydrogens (tertiary/aromatic N) is 1. The van der Waals surface area contributed by atoms with Gasteiger partial charge >= 0.3 is 0 Å². The molecule has 0 heterocycles. The van der Waals surface area contributed by atoms with Gasteiger partial charge in [0.1, 0.15) is 5.75 Å². The largest absolute Gasteiger partial charge is 0.496 e. The molecule has 6 heteroatoms. The van der Waals surface area contributed by atoms with Crippen molar-refractivity contribution < 1.29 is 9.53 Å². The summed E-state index contributed by atoms with van der Waals surface area (Å²) < 4.78 is 5.18. The van der Waals surface area contributed by atoms with Crippen LogP contribution >= 0.6 is 23.2 Å². The van der Waals surface area contributed by atoms with Crippen molar-refractivity contribution in [3.05, 3.63) is 63.1 Å². The van der Waals surface area contributed by atoms with Crippen LogP contribution in [0.3, 0.4) is 0 Å². The highest BCUT2D eigenvalue weighted by molar-refractivity contribution is 6.36. The molecule has 0 aliphatic heterocycles. The summed E-state index contributed by atoms with van der Waals surface area (Å²) in [5, 5.41) is 4.67. The van der Waals surface area contributed by atoms with Crippen molar-refractivity contribution in [2.24, 2.45) is 5.10 Å². The number of amides is 1. The van der Waals surface area contributed by atoms with Gasteiger partial charge in [0.05, 0.1) is 23.9 Å². The minimum Gasteiger partial charge on any atom is -0.496 e. The Bertz CT molecular complexity index is 730. The zero-order valence-electron chi connectivity index (χ0n) is 12.1. The molecule has 4 nitrogen and oxygen atoms in total. The fourth-order valence-corrected chi connectivity index (χ4v) is 2.38. The second-order valence-corrected chi connectivity index (χ2v) is 5.40. The summed E-state index contributed by atoms with van der Waals surface area (Å²) in [5.41, 5.74) is 4.57. The standard InChI is InChI=1S/C16H14Cl2N2O2/c1-10-7-11(3-6-15(10)22-2)9-19-20-16(21)13-5-4-12(17)8-14(13)18/h3-9H,1-2H3,(H,20,21). The predicted molar refractivity (Wildman–Crippen MR) is 89.3 cm³/mol. The molecule has 1 N–H and O–H groups in total. The lowest BCUT2D eigenvalue weighted by atomic mass is 10.1. The highest BCUT2D eigenvalue weighted by Gasteiger charge is 2.09. The van der Waals surface area contributed by atoms with Crippen LogP contribution in [-0.4, -0.2) is 19.2 Å². The van der Waals surface area contributed by atoms with Crippen molar-refractivity contribution in [3.63, 3.8) is 0 Å². The quantitative estimate of drug-likeness (QED) is 0.675. The maximum absolute atomic E-state index is 12.0. The molecule has 22 heavy (non-hydrogen) atoms. The summed E-state index contributed by atoms with van der Waals surface area (Å²) in [6, 6.07) is 10.2. The number of ether oxygens (including phenoxy) is 1. The van der Waals surface area contributed by atoms with Crippen LogP contribution in [0.1, 0.15) is 21.5 Å². The van der Waals surface area contributed by atoms with Crippen LogP contribution < -0.4 is 10.2 Å². The molecule has 0 fully saturated rings. The topological polar surface area (TPSA) is 50.7 Å². The first-order chi connectivity index (χ1) is 10.5. The molecule has 0 radical (unpaired) electrons. The van der Waals surface area contributed by atoms with Crippen LogP contribution in [-0.2, 0) is 0 Å². The molecule has 0 bridgehead atoms. The summed E-state index contributed by atoms with van der Waals surface area (Å²) in [4.78, 5) is 12.0. The average molecular weight is 337 g/mol. The van der Waals surface area contributed by atoms with Crippen molar-refractivity contribution in [1.29, 1.82) is 0 Å². The Kier molecular flexibility index (Phi) is 5.41. The third-order valence-electron chi connectivity index (χ3n) is 2.97. The Morgan fingerprint density at radius 2 is 2.00 bits per heavy atom. The van der Waals surface area contributed by atoms with Gasteiger partial charge in [0.15, 0.2) is 0 Å². The van der Waals surface area contributed by atoms with Gasteiger partial charge in [0.25, 0.3) is 5.91 Å². The molecule has 114 valence electrons. The first kappa shape index (κ1) is 16.3. The normalized spacial score (nSPS) is 10.7. The number of rotatable bonds is 4. The first-order valence-corrected chi connectivity index (χ1v) is 7.20. The van der Waals surface area contributed by atoms with Gasteiger partial charge < -0.3 is 4.74 Å². The van der Waals surface area contributed by atoms with E-state index in [2.05, 4.69) is 10.5 Å². The van der Waals surface area contributed by atoms with Gasteiger partial charge in [-0.05, 0) is 54.4 Å². The van der Waals surface area contributed by atoms with Gasteiger partial charge in [-0.15, -0.1) is 0 Å². The summed E-state index contributed by atoms with van der Waals surface area (Å²) in [6.45, 7) is 1.93. The van der Waals surface area contributed by atoms with Gasteiger partial charge in [0, 0.05) is 5.02 Å². The van der Waals surface area contributed by atoms with E-state index in [9.17, 15) is 4.79 Å². The lowest BCUT2D eigenvalue weighted by Gasteiger charge is -2.05. The number of aryl methyl sites for hydroxylation is 1. The van der Waals surface area contributed by atoms with Crippen LogP contribution in [0.15, 0.2) is 41.5 Å². The molecular weight excluding hydrogens is 323 g/mol. The monoisotopic (exact) mass is 336 g/mol. The number of hydrogen-bond donors (Lipinski definition) is 1. The summed E-state index contributed by atoms with van der Waals surface area (Å²) in [7, 11) is 1.62. The van der Waals surface area contributed by atoms with E-state index >= 15 is 0 Å². The number of nitrogens with one attached hydrogen (secondary N) is 1. The van der Waals surface area contributed by atoms with E-state index < -0.39 is 5.91 Å². The van der Waals surface area contributed by atoms with E-state index in [1.165, 1.54) is 6.07 Å². The Labute approximate surface area is 138 Å². The third kappa shape index (κ3) is 4.00. The minimum atomic E-state index is -0.400. The Morgan fingerprint density at radius 1 is 1.23 bits per heavy atom. The fraction of sp³-hybridized carbons (Fsp3) is 0.125. The van der Waals surface area contributed by atoms with Crippen LogP contribution in [0.2, 0.25) is 10.0 Å². The molecule has 2 aromatic carbocycles. The van der Waals surface area contributed by atoms with Crippen molar-refractivity contribution in [2.75, 3.05) is 7.11 Å². The number of carbonyl (C=O) groups excluding carboxylic acids is 1. The second kappa shape index (κ2) is 7.29. The van der Waals surface area contributed by atoms with Crippen LogP contribution in [0.25, 0.3) is 0 Å². The molecule has 0 aliphatic rings. The smallest absolute Gasteiger partial charge is 0.272 e. The average Bonchev–Trinajstić information content (AvgIpc) is 2.47. The predicted octanol–water partition coefficient (Wildman–Crippen LogP) is 4.07. The Balaban J connectivity index is 2.05. The van der Waals surface area contributed by atoms with E-state index in [1.807, 2.05) is 25.1 Å². The molecule has 2 rings (SSSR count). The van der Waals surface area contributed by atoms with Crippen LogP contribution in [0, 0.1) is 6.92 Å². The lowest BCUT2D eigenvalue weighted by Crippen LogP contribution is -2.18. The third-order valence-corrected chi connectivity index (χ3v) is 3.52. The van der Waals surface area contributed by atoms with Crippen LogP contribution in [0.5, 0.6) is 5.75 Å². The summed E-state index contributed by atoms with van der Waals surface area (Å²) in [6.07, 6.45) is 1.55. The molecule has 0 aliphatic carbocycles. The number of hydrogen-bond acceptors (Lipinski definition) is 3. The first-order valence-electron chi connectivity index (χ1n) is 6.44. The Morgan fingerprint density at radius 3 is 2.64 bits per heavy atom. The minimum absolute atomic E-state index is 0.278. The molecule has 0 saturated carbocycles. The van der Waals surface area contributed by atoms with Gasteiger partial charge in [-0.3, -0.25) is 4.79 Å². The fourth-order valence-electron chi connectivity index (χ4n) is 1.88. The van der Waals surface area contributed by atoms with Crippen LogP contribution in [0.4, 0.5) is 0 Å². The van der Waals surface area contributed by atoms with Gasteiger partial charge in [-0.2, -0.15) is 5.10 Å². The van der Waals surface area contributed by atoms with Crippen molar-refractivity contribution >= 4 is 35.3 Å². The number of hydrazone groups is 1. The molecule has 0 spiro atoms.